The van der Waals surface area contributed by atoms with Gasteiger partial charge in [0.05, 0.1) is 13.2 Å². The zero-order valence-corrected chi connectivity index (χ0v) is 11.0. The molecule has 0 unspecified atom stereocenters. The van der Waals surface area contributed by atoms with Gasteiger partial charge in [-0.15, -0.1) is 0 Å². The molecule has 0 spiro atoms. The van der Waals surface area contributed by atoms with Gasteiger partial charge in [-0.25, -0.2) is 0 Å². The number of likely N-dealkylation sites (tertiary alicyclic amines) is 1. The van der Waals surface area contributed by atoms with Crippen LogP contribution >= 0.6 is 0 Å². The summed E-state index contributed by atoms with van der Waals surface area (Å²) in [4.78, 5) is 2.43. The van der Waals surface area contributed by atoms with Crippen molar-refractivity contribution in [2.24, 2.45) is 22.5 Å². The molecule has 0 amide bonds. The third-order valence-corrected chi connectivity index (χ3v) is 5.08. The van der Waals surface area contributed by atoms with Gasteiger partial charge in [0.25, 0.3) is 0 Å². The topological polar surface area (TPSA) is 38.5 Å². The minimum Gasteiger partial charge on any atom is -0.380 e. The molecule has 0 radical (unpaired) electrons. The predicted molar refractivity (Wildman–Crippen MR) is 66.3 cm³/mol. The van der Waals surface area contributed by atoms with Gasteiger partial charge < -0.3 is 15.4 Å². The summed E-state index contributed by atoms with van der Waals surface area (Å²) in [5.74, 6) is 0.802. The highest BCUT2D eigenvalue weighted by Gasteiger charge is 2.54. The quantitative estimate of drug-likeness (QED) is 0.789. The van der Waals surface area contributed by atoms with Crippen LogP contribution in [0.5, 0.6) is 0 Å². The van der Waals surface area contributed by atoms with Crippen molar-refractivity contribution in [3.8, 4) is 0 Å². The normalized spacial score (nSPS) is 27.8. The molecule has 2 aliphatic heterocycles. The average molecular weight is 226 g/mol. The second-order valence-electron chi connectivity index (χ2n) is 6.31. The predicted octanol–water partition coefficient (Wildman–Crippen LogP) is 1.33. The van der Waals surface area contributed by atoms with Crippen LogP contribution < -0.4 is 5.73 Å². The van der Waals surface area contributed by atoms with Crippen molar-refractivity contribution < 1.29 is 4.74 Å². The van der Waals surface area contributed by atoms with Crippen molar-refractivity contribution in [2.75, 3.05) is 39.9 Å². The Morgan fingerprint density at radius 1 is 1.31 bits per heavy atom. The Morgan fingerprint density at radius 3 is 2.25 bits per heavy atom. The Hall–Kier alpha value is -0.120. The highest BCUT2D eigenvalue weighted by atomic mass is 16.5. The standard InChI is InChI=1S/C13H26N2O/c1-12(2,8-14)13(9-16-10-13)11-4-6-15(3)7-5-11/h11H,4-10,14H2,1-3H3. The van der Waals surface area contributed by atoms with Gasteiger partial charge in [0, 0.05) is 5.41 Å². The summed E-state index contributed by atoms with van der Waals surface area (Å²) in [6, 6.07) is 0. The molecule has 16 heavy (non-hydrogen) atoms. The summed E-state index contributed by atoms with van der Waals surface area (Å²) >= 11 is 0. The summed E-state index contributed by atoms with van der Waals surface area (Å²) < 4.78 is 5.54. The lowest BCUT2D eigenvalue weighted by atomic mass is 9.55. The van der Waals surface area contributed by atoms with E-state index in [0.717, 1.165) is 25.7 Å². The fourth-order valence-electron chi connectivity index (χ4n) is 3.27. The number of piperidine rings is 1. The molecule has 0 aromatic carbocycles. The number of rotatable bonds is 3. The van der Waals surface area contributed by atoms with Crippen molar-refractivity contribution in [1.82, 2.24) is 4.90 Å². The minimum absolute atomic E-state index is 0.214. The van der Waals surface area contributed by atoms with Crippen molar-refractivity contribution in [3.05, 3.63) is 0 Å². The lowest BCUT2D eigenvalue weighted by molar-refractivity contribution is -0.211. The Balaban J connectivity index is 2.10. The molecule has 0 aromatic rings. The second kappa shape index (κ2) is 4.28. The lowest BCUT2D eigenvalue weighted by Gasteiger charge is -2.58. The van der Waals surface area contributed by atoms with Crippen molar-refractivity contribution in [3.63, 3.8) is 0 Å². The molecule has 2 aliphatic rings. The Morgan fingerprint density at radius 2 is 1.88 bits per heavy atom. The van der Waals surface area contributed by atoms with Gasteiger partial charge in [-0.1, -0.05) is 13.8 Å². The van der Waals surface area contributed by atoms with Gasteiger partial charge in [0.2, 0.25) is 0 Å². The molecule has 0 bridgehead atoms. The number of hydrogen-bond acceptors (Lipinski definition) is 3. The average Bonchev–Trinajstić information content (AvgIpc) is 2.19. The van der Waals surface area contributed by atoms with Gasteiger partial charge >= 0.3 is 0 Å². The molecule has 3 heteroatoms. The van der Waals surface area contributed by atoms with Crippen LogP contribution in [-0.2, 0) is 4.74 Å². The van der Waals surface area contributed by atoms with Crippen molar-refractivity contribution in [1.29, 1.82) is 0 Å². The molecular weight excluding hydrogens is 200 g/mol. The highest BCUT2D eigenvalue weighted by Crippen LogP contribution is 2.52. The summed E-state index contributed by atoms with van der Waals surface area (Å²) in [6.07, 6.45) is 2.62. The Labute approximate surface area is 99.3 Å². The molecular formula is C13H26N2O. The minimum atomic E-state index is 0.214. The monoisotopic (exact) mass is 226 g/mol. The number of ether oxygens (including phenoxy) is 1. The lowest BCUT2D eigenvalue weighted by Crippen LogP contribution is -2.61. The van der Waals surface area contributed by atoms with E-state index in [1.165, 1.54) is 25.9 Å². The Kier molecular flexibility index (Phi) is 3.30. The summed E-state index contributed by atoms with van der Waals surface area (Å²) in [5.41, 5.74) is 6.53. The van der Waals surface area contributed by atoms with E-state index in [1.807, 2.05) is 0 Å². The van der Waals surface area contributed by atoms with Crippen LogP contribution in [0.3, 0.4) is 0 Å². The largest absolute Gasteiger partial charge is 0.380 e. The van der Waals surface area contributed by atoms with Crippen LogP contribution in [0.1, 0.15) is 26.7 Å². The maximum atomic E-state index is 5.97. The number of nitrogens with zero attached hydrogens (tertiary/aromatic N) is 1. The maximum Gasteiger partial charge on any atom is 0.0553 e. The molecule has 0 aromatic heterocycles. The molecule has 0 atom stereocenters. The van der Waals surface area contributed by atoms with Gasteiger partial charge in [0.1, 0.15) is 0 Å². The van der Waals surface area contributed by atoms with E-state index >= 15 is 0 Å². The first-order valence-electron chi connectivity index (χ1n) is 6.48. The van der Waals surface area contributed by atoms with Crippen molar-refractivity contribution in [2.45, 2.75) is 26.7 Å². The van der Waals surface area contributed by atoms with E-state index < -0.39 is 0 Å². The van der Waals surface area contributed by atoms with E-state index in [-0.39, 0.29) is 5.41 Å². The molecule has 2 fully saturated rings. The first-order chi connectivity index (χ1) is 7.52. The van der Waals surface area contributed by atoms with Crippen LogP contribution in [0, 0.1) is 16.7 Å². The SMILES string of the molecule is CN1CCC(C2(C(C)(C)CN)COC2)CC1. The van der Waals surface area contributed by atoms with Crippen LogP contribution in [0.4, 0.5) is 0 Å². The van der Waals surface area contributed by atoms with Crippen LogP contribution in [-0.4, -0.2) is 44.8 Å². The molecule has 0 saturated carbocycles. The molecule has 94 valence electrons. The second-order valence-corrected chi connectivity index (χ2v) is 6.31. The molecule has 2 saturated heterocycles. The molecule has 3 nitrogen and oxygen atoms in total. The van der Waals surface area contributed by atoms with Crippen LogP contribution in [0.25, 0.3) is 0 Å². The fourth-order valence-corrected chi connectivity index (χ4v) is 3.27. The zero-order valence-electron chi connectivity index (χ0n) is 11.0. The first kappa shape index (κ1) is 12.3. The molecule has 0 aliphatic carbocycles. The van der Waals surface area contributed by atoms with Crippen LogP contribution in [0.15, 0.2) is 0 Å². The van der Waals surface area contributed by atoms with E-state index in [0.29, 0.717) is 5.41 Å². The number of nitrogens with two attached hydrogens (primary N) is 1. The van der Waals surface area contributed by atoms with E-state index in [2.05, 4.69) is 25.8 Å². The van der Waals surface area contributed by atoms with Gasteiger partial charge in [-0.3, -0.25) is 0 Å². The summed E-state index contributed by atoms with van der Waals surface area (Å²) in [6.45, 7) is 9.70. The zero-order chi connectivity index (χ0) is 11.8. The molecule has 2 heterocycles. The maximum absolute atomic E-state index is 5.97. The molecule has 2 N–H and O–H groups in total. The fraction of sp³-hybridized carbons (Fsp3) is 1.00. The van der Waals surface area contributed by atoms with E-state index in [1.54, 1.807) is 0 Å². The smallest absolute Gasteiger partial charge is 0.0553 e. The van der Waals surface area contributed by atoms with Gasteiger partial charge in [-0.05, 0) is 50.9 Å². The number of hydrogen-bond donors (Lipinski definition) is 1. The van der Waals surface area contributed by atoms with E-state index in [4.69, 9.17) is 10.5 Å². The Bertz CT molecular complexity index is 240. The van der Waals surface area contributed by atoms with E-state index in [9.17, 15) is 0 Å². The summed E-state index contributed by atoms with van der Waals surface area (Å²) in [7, 11) is 2.22. The van der Waals surface area contributed by atoms with Crippen LogP contribution in [0.2, 0.25) is 0 Å². The first-order valence-corrected chi connectivity index (χ1v) is 6.48. The van der Waals surface area contributed by atoms with Gasteiger partial charge in [0.15, 0.2) is 0 Å². The highest BCUT2D eigenvalue weighted by molar-refractivity contribution is 5.03. The molecule has 2 rings (SSSR count). The van der Waals surface area contributed by atoms with Crippen molar-refractivity contribution >= 4 is 0 Å². The third-order valence-electron chi connectivity index (χ3n) is 5.08. The van der Waals surface area contributed by atoms with Gasteiger partial charge in [-0.2, -0.15) is 0 Å². The third kappa shape index (κ3) is 1.79. The summed E-state index contributed by atoms with van der Waals surface area (Å²) in [5, 5.41) is 0.